The lowest BCUT2D eigenvalue weighted by molar-refractivity contribution is -0.131. The van der Waals surface area contributed by atoms with Gasteiger partial charge < -0.3 is 10.0 Å². The molecule has 0 radical (unpaired) electrons. The lowest BCUT2D eigenvalue weighted by atomic mass is 10.1. The summed E-state index contributed by atoms with van der Waals surface area (Å²) in [6.45, 7) is 6.12. The van der Waals surface area contributed by atoms with Gasteiger partial charge in [-0.1, -0.05) is 45.6 Å². The van der Waals surface area contributed by atoms with Crippen LogP contribution >= 0.6 is 0 Å². The lowest BCUT2D eigenvalue weighted by Gasteiger charge is -2.15. The Morgan fingerprint density at radius 2 is 1.78 bits per heavy atom. The summed E-state index contributed by atoms with van der Waals surface area (Å²) in [5.41, 5.74) is 0. The van der Waals surface area contributed by atoms with Gasteiger partial charge in [0.25, 0.3) is 0 Å². The van der Waals surface area contributed by atoms with Gasteiger partial charge in [0.1, 0.15) is 0 Å². The summed E-state index contributed by atoms with van der Waals surface area (Å²) in [6, 6.07) is 0. The highest BCUT2D eigenvalue weighted by Gasteiger charge is 2.06. The first-order chi connectivity index (χ1) is 8.61. The number of aliphatic carboxylic acids is 1. The van der Waals surface area contributed by atoms with Crippen molar-refractivity contribution < 1.29 is 14.7 Å². The molecule has 102 valence electrons. The highest BCUT2D eigenvalue weighted by molar-refractivity contribution is 5.88. The minimum atomic E-state index is -1.06. The Hall–Kier alpha value is -1.58. The van der Waals surface area contributed by atoms with Crippen molar-refractivity contribution in [3.8, 4) is 0 Å². The van der Waals surface area contributed by atoms with Crippen molar-refractivity contribution in [2.24, 2.45) is 0 Å². The lowest BCUT2D eigenvalue weighted by Crippen LogP contribution is -2.25. The third-order valence-electron chi connectivity index (χ3n) is 2.61. The number of carboxylic acid groups (broad SMARTS) is 1. The minimum Gasteiger partial charge on any atom is -0.478 e. The largest absolute Gasteiger partial charge is 0.478 e. The van der Waals surface area contributed by atoms with Crippen molar-refractivity contribution in [1.29, 1.82) is 0 Å². The number of carboxylic acids is 1. The highest BCUT2D eigenvalue weighted by Crippen LogP contribution is 2.06. The second kappa shape index (κ2) is 10.6. The van der Waals surface area contributed by atoms with Crippen molar-refractivity contribution in [1.82, 2.24) is 4.90 Å². The molecule has 0 heterocycles. The maximum absolute atomic E-state index is 11.5. The maximum atomic E-state index is 11.5. The van der Waals surface area contributed by atoms with Crippen molar-refractivity contribution in [2.75, 3.05) is 6.54 Å². The molecular formula is C14H23NO3. The molecule has 0 saturated carbocycles. The third-order valence-corrected chi connectivity index (χ3v) is 2.61. The summed E-state index contributed by atoms with van der Waals surface area (Å²) in [7, 11) is 0. The quantitative estimate of drug-likeness (QED) is 0.481. The van der Waals surface area contributed by atoms with Crippen LogP contribution in [0.1, 0.15) is 45.4 Å². The summed E-state index contributed by atoms with van der Waals surface area (Å²) >= 11 is 0. The van der Waals surface area contributed by atoms with Gasteiger partial charge in [-0.3, -0.25) is 4.79 Å². The minimum absolute atomic E-state index is 0.263. The van der Waals surface area contributed by atoms with Crippen LogP contribution in [-0.4, -0.2) is 28.4 Å². The Morgan fingerprint density at radius 1 is 1.17 bits per heavy atom. The average Bonchev–Trinajstić information content (AvgIpc) is 2.35. The molecule has 1 amide bonds. The van der Waals surface area contributed by atoms with Gasteiger partial charge in [-0.15, -0.1) is 0 Å². The Balaban J connectivity index is 3.98. The molecule has 0 spiro atoms. The van der Waals surface area contributed by atoms with Crippen LogP contribution < -0.4 is 0 Å². The van der Waals surface area contributed by atoms with Crippen LogP contribution in [0.3, 0.4) is 0 Å². The number of hydrogen-bond acceptors (Lipinski definition) is 2. The summed E-state index contributed by atoms with van der Waals surface area (Å²) in [4.78, 5) is 23.3. The smallest absolute Gasteiger partial charge is 0.329 e. The van der Waals surface area contributed by atoms with Crippen LogP contribution in [0.2, 0.25) is 0 Å². The molecule has 0 aliphatic rings. The van der Waals surface area contributed by atoms with Gasteiger partial charge in [0.2, 0.25) is 5.91 Å². The molecule has 0 saturated heterocycles. The Bertz CT molecular complexity index is 297. The monoisotopic (exact) mass is 253 g/mol. The normalized spacial score (nSPS) is 10.5. The zero-order chi connectivity index (χ0) is 13.8. The molecule has 1 N–H and O–H groups in total. The van der Waals surface area contributed by atoms with E-state index in [-0.39, 0.29) is 5.91 Å². The predicted molar refractivity (Wildman–Crippen MR) is 72.1 cm³/mol. The molecule has 18 heavy (non-hydrogen) atoms. The van der Waals surface area contributed by atoms with Crippen molar-refractivity contribution >= 4 is 11.9 Å². The molecular weight excluding hydrogens is 230 g/mol. The van der Waals surface area contributed by atoms with Gasteiger partial charge in [0.05, 0.1) is 0 Å². The summed E-state index contributed by atoms with van der Waals surface area (Å²) in [5.74, 6) is -1.32. The molecule has 0 aromatic rings. The second-order valence-electron chi connectivity index (χ2n) is 4.16. The van der Waals surface area contributed by atoms with Crippen LogP contribution in [0.15, 0.2) is 24.9 Å². The summed E-state index contributed by atoms with van der Waals surface area (Å²) < 4.78 is 0. The van der Waals surface area contributed by atoms with Crippen LogP contribution in [0.25, 0.3) is 0 Å². The molecule has 0 aliphatic heterocycles. The molecule has 0 unspecified atom stereocenters. The number of unbranched alkanes of at least 4 members (excludes halogenated alkanes) is 5. The van der Waals surface area contributed by atoms with Crippen LogP contribution in [-0.2, 0) is 9.59 Å². The van der Waals surface area contributed by atoms with Gasteiger partial charge in [0.15, 0.2) is 0 Å². The van der Waals surface area contributed by atoms with E-state index in [0.717, 1.165) is 25.3 Å². The molecule has 0 atom stereocenters. The fourth-order valence-electron chi connectivity index (χ4n) is 1.59. The van der Waals surface area contributed by atoms with Crippen molar-refractivity contribution in [3.05, 3.63) is 24.9 Å². The zero-order valence-electron chi connectivity index (χ0n) is 11.1. The van der Waals surface area contributed by atoms with Crippen molar-refractivity contribution in [3.63, 3.8) is 0 Å². The molecule has 0 aromatic carbocycles. The van der Waals surface area contributed by atoms with E-state index in [2.05, 4.69) is 13.5 Å². The number of nitrogens with zero attached hydrogens (tertiary/aromatic N) is 1. The molecule has 0 fully saturated rings. The number of rotatable bonds is 10. The SMILES string of the molecule is C=CC(=O)N(C=CC(=O)O)CCCCCCCC. The highest BCUT2D eigenvalue weighted by atomic mass is 16.4. The van der Waals surface area contributed by atoms with E-state index in [1.165, 1.54) is 36.4 Å². The summed E-state index contributed by atoms with van der Waals surface area (Å²) in [5, 5.41) is 8.53. The maximum Gasteiger partial charge on any atom is 0.329 e. The first-order valence-electron chi connectivity index (χ1n) is 6.46. The van der Waals surface area contributed by atoms with E-state index in [4.69, 9.17) is 5.11 Å². The standard InChI is InChI=1S/C14H23NO3/c1-3-5-6-7-8-9-11-15(13(16)4-2)12-10-14(17)18/h4,10,12H,2-3,5-9,11H2,1H3,(H,17,18). The van der Waals surface area contributed by atoms with E-state index in [1.54, 1.807) is 0 Å². The Labute approximate surface area is 109 Å². The van der Waals surface area contributed by atoms with Crippen molar-refractivity contribution in [2.45, 2.75) is 45.4 Å². The Kier molecular flexibility index (Phi) is 9.64. The second-order valence-corrected chi connectivity index (χ2v) is 4.16. The topological polar surface area (TPSA) is 57.6 Å². The average molecular weight is 253 g/mol. The number of hydrogen-bond donors (Lipinski definition) is 1. The molecule has 0 aromatic heterocycles. The molecule has 4 heteroatoms. The molecule has 4 nitrogen and oxygen atoms in total. The van der Waals surface area contributed by atoms with Gasteiger partial charge in [-0.2, -0.15) is 0 Å². The third kappa shape index (κ3) is 8.56. The molecule has 0 bridgehead atoms. The van der Waals surface area contributed by atoms with E-state index in [1.807, 2.05) is 0 Å². The predicted octanol–water partition coefficient (Wildman–Crippen LogP) is 2.96. The Morgan fingerprint density at radius 3 is 2.33 bits per heavy atom. The van der Waals surface area contributed by atoms with Crippen LogP contribution in [0.5, 0.6) is 0 Å². The van der Waals surface area contributed by atoms with E-state index >= 15 is 0 Å². The first-order valence-corrected chi connectivity index (χ1v) is 6.46. The first kappa shape index (κ1) is 16.4. The van der Waals surface area contributed by atoms with E-state index < -0.39 is 5.97 Å². The number of carbonyl (C=O) groups is 2. The van der Waals surface area contributed by atoms with Gasteiger partial charge in [-0.05, 0) is 12.5 Å². The fraction of sp³-hybridized carbons (Fsp3) is 0.571. The van der Waals surface area contributed by atoms with Gasteiger partial charge >= 0.3 is 5.97 Å². The number of carbonyl (C=O) groups excluding carboxylic acids is 1. The van der Waals surface area contributed by atoms with E-state index in [0.29, 0.717) is 6.54 Å². The fourth-order valence-corrected chi connectivity index (χ4v) is 1.59. The molecule has 0 rings (SSSR count). The zero-order valence-corrected chi connectivity index (χ0v) is 11.1. The van der Waals surface area contributed by atoms with E-state index in [9.17, 15) is 9.59 Å². The molecule has 0 aliphatic carbocycles. The van der Waals surface area contributed by atoms with Gasteiger partial charge in [-0.25, -0.2) is 4.79 Å². The van der Waals surface area contributed by atoms with Gasteiger partial charge in [0, 0.05) is 18.8 Å². The number of amides is 1. The summed E-state index contributed by atoms with van der Waals surface area (Å²) in [6.07, 6.45) is 10.2. The van der Waals surface area contributed by atoms with Crippen LogP contribution in [0, 0.1) is 0 Å². The van der Waals surface area contributed by atoms with Crippen LogP contribution in [0.4, 0.5) is 0 Å².